The van der Waals surface area contributed by atoms with E-state index in [1.807, 2.05) is 31.2 Å². The van der Waals surface area contributed by atoms with E-state index in [2.05, 4.69) is 22.8 Å². The van der Waals surface area contributed by atoms with E-state index in [1.54, 1.807) is 12.1 Å². The first-order valence-electron chi connectivity index (χ1n) is 11.9. The van der Waals surface area contributed by atoms with Crippen LogP contribution >= 0.6 is 0 Å². The third kappa shape index (κ3) is 5.52. The molecule has 2 aliphatic rings. The van der Waals surface area contributed by atoms with E-state index in [0.717, 1.165) is 59.7 Å². The maximum absolute atomic E-state index is 13.0. The Morgan fingerprint density at radius 3 is 2.76 bits per heavy atom. The number of anilines is 1. The van der Waals surface area contributed by atoms with E-state index in [-0.39, 0.29) is 12.0 Å². The molecule has 0 radical (unpaired) electrons. The van der Waals surface area contributed by atoms with Gasteiger partial charge in [-0.3, -0.25) is 4.79 Å². The predicted octanol–water partition coefficient (Wildman–Crippen LogP) is 4.85. The number of ether oxygens (including phenoxy) is 2. The lowest BCUT2D eigenvalue weighted by molar-refractivity contribution is 0.0679. The second-order valence-corrected chi connectivity index (χ2v) is 9.14. The Balaban J connectivity index is 1.29. The van der Waals surface area contributed by atoms with E-state index in [9.17, 15) is 4.79 Å². The van der Waals surface area contributed by atoms with Crippen molar-refractivity contribution in [3.63, 3.8) is 0 Å². The number of carbonyl (C=O) groups excluding carboxylic acids is 1. The zero-order valence-electron chi connectivity index (χ0n) is 19.1. The average molecular weight is 446 g/mol. The Bertz CT molecular complexity index is 1120. The molecule has 1 aromatic heterocycles. The highest BCUT2D eigenvalue weighted by atomic mass is 16.5. The van der Waals surface area contributed by atoms with Crippen LogP contribution in [0.5, 0.6) is 5.75 Å². The van der Waals surface area contributed by atoms with Crippen LogP contribution in [0.1, 0.15) is 47.2 Å². The number of rotatable bonds is 9. The van der Waals surface area contributed by atoms with Crippen LogP contribution < -0.4 is 15.4 Å². The summed E-state index contributed by atoms with van der Waals surface area (Å²) in [6.45, 7) is 5.09. The molecule has 5 rings (SSSR count). The van der Waals surface area contributed by atoms with Crippen LogP contribution in [0.15, 0.2) is 48.5 Å². The van der Waals surface area contributed by atoms with Crippen molar-refractivity contribution < 1.29 is 14.3 Å². The summed E-state index contributed by atoms with van der Waals surface area (Å²) >= 11 is 0. The first kappa shape index (κ1) is 21.9. The summed E-state index contributed by atoms with van der Waals surface area (Å²) in [5, 5.41) is 7.66. The number of carbonyl (C=O) groups is 1. The third-order valence-corrected chi connectivity index (χ3v) is 6.38. The van der Waals surface area contributed by atoms with Gasteiger partial charge in [-0.05, 0) is 81.0 Å². The molecule has 0 unspecified atom stereocenters. The average Bonchev–Trinajstić information content (AvgIpc) is 3.50. The lowest BCUT2D eigenvalue weighted by Crippen LogP contribution is -2.20. The predicted molar refractivity (Wildman–Crippen MR) is 130 cm³/mol. The minimum atomic E-state index is -0.176. The minimum absolute atomic E-state index is 0.169. The Labute approximate surface area is 194 Å². The van der Waals surface area contributed by atoms with Crippen molar-refractivity contribution in [2.24, 2.45) is 5.92 Å². The van der Waals surface area contributed by atoms with Crippen molar-refractivity contribution in [3.05, 3.63) is 65.2 Å². The molecular weight excluding hydrogens is 414 g/mol. The lowest BCUT2D eigenvalue weighted by atomic mass is 10.1. The van der Waals surface area contributed by atoms with Crippen LogP contribution in [-0.4, -0.2) is 36.8 Å². The molecule has 1 saturated heterocycles. The number of benzene rings is 2. The quantitative estimate of drug-likeness (QED) is 0.492. The topological polar surface area (TPSA) is 72.5 Å². The van der Waals surface area contributed by atoms with Gasteiger partial charge in [0, 0.05) is 29.7 Å². The molecular formula is C27H31N3O3. The molecule has 1 aliphatic heterocycles. The number of amides is 1. The smallest absolute Gasteiger partial charge is 0.256 e. The van der Waals surface area contributed by atoms with Gasteiger partial charge in [-0.1, -0.05) is 18.2 Å². The fourth-order valence-electron chi connectivity index (χ4n) is 4.21. The summed E-state index contributed by atoms with van der Waals surface area (Å²) in [6.07, 6.45) is 4.91. The lowest BCUT2D eigenvalue weighted by Gasteiger charge is -2.14. The van der Waals surface area contributed by atoms with Gasteiger partial charge >= 0.3 is 0 Å². The number of pyridine rings is 1. The van der Waals surface area contributed by atoms with Gasteiger partial charge in [0.05, 0.1) is 11.6 Å². The molecule has 2 fully saturated rings. The Morgan fingerprint density at radius 1 is 1.15 bits per heavy atom. The van der Waals surface area contributed by atoms with Gasteiger partial charge in [-0.15, -0.1) is 0 Å². The largest absolute Gasteiger partial charge is 0.491 e. The molecule has 1 atom stereocenters. The Hall–Kier alpha value is -2.96. The zero-order valence-corrected chi connectivity index (χ0v) is 19.1. The highest BCUT2D eigenvalue weighted by Gasteiger charge is 2.21. The summed E-state index contributed by atoms with van der Waals surface area (Å²) in [6, 6.07) is 15.5. The van der Waals surface area contributed by atoms with Crippen molar-refractivity contribution in [2.75, 3.05) is 25.1 Å². The van der Waals surface area contributed by atoms with Crippen LogP contribution in [-0.2, 0) is 11.3 Å². The molecule has 33 heavy (non-hydrogen) atoms. The van der Waals surface area contributed by atoms with Gasteiger partial charge < -0.3 is 20.1 Å². The second-order valence-electron chi connectivity index (χ2n) is 9.14. The highest BCUT2D eigenvalue weighted by Crippen LogP contribution is 2.28. The van der Waals surface area contributed by atoms with Crippen LogP contribution in [0.25, 0.3) is 10.9 Å². The number of hydrogen-bond donors (Lipinski definition) is 2. The summed E-state index contributed by atoms with van der Waals surface area (Å²) < 4.78 is 11.4. The molecule has 2 aromatic carbocycles. The van der Waals surface area contributed by atoms with E-state index < -0.39 is 0 Å². The molecule has 6 nitrogen and oxygen atoms in total. The van der Waals surface area contributed by atoms with Gasteiger partial charge in [-0.2, -0.15) is 0 Å². The van der Waals surface area contributed by atoms with Crippen molar-refractivity contribution >= 4 is 22.6 Å². The first-order chi connectivity index (χ1) is 16.2. The molecule has 2 heterocycles. The van der Waals surface area contributed by atoms with Crippen LogP contribution in [0.2, 0.25) is 0 Å². The normalized spacial score (nSPS) is 17.9. The summed E-state index contributed by atoms with van der Waals surface area (Å²) in [5.74, 6) is 1.97. The van der Waals surface area contributed by atoms with Gasteiger partial charge in [0.25, 0.3) is 5.91 Å². The SMILES string of the molecule is Cc1cccc2cc(CNCC3CC3)c(NC(=O)c3ccc(OC[C@H]4CCCO4)cc3)nc12. The molecule has 1 aliphatic carbocycles. The standard InChI is InChI=1S/C27H31N3O3/c1-18-4-2-5-21-14-22(16-28-15-19-7-8-19)26(29-25(18)21)30-27(31)20-9-11-23(12-10-20)33-17-24-6-3-13-32-24/h2,4-5,9-12,14,19,24,28H,3,6-8,13,15-17H2,1H3,(H,29,30,31)/t24-/m1/s1. The third-order valence-electron chi connectivity index (χ3n) is 6.38. The van der Waals surface area contributed by atoms with Crippen LogP contribution in [0.3, 0.4) is 0 Å². The molecule has 6 heteroatoms. The molecule has 1 amide bonds. The molecule has 0 spiro atoms. The fourth-order valence-corrected chi connectivity index (χ4v) is 4.21. The molecule has 3 aromatic rings. The monoisotopic (exact) mass is 445 g/mol. The summed E-state index contributed by atoms with van der Waals surface area (Å²) in [7, 11) is 0. The van der Waals surface area contributed by atoms with Crippen molar-refractivity contribution in [2.45, 2.75) is 45.3 Å². The number of nitrogens with one attached hydrogen (secondary N) is 2. The van der Waals surface area contributed by atoms with Crippen LogP contribution in [0.4, 0.5) is 5.82 Å². The van der Waals surface area contributed by atoms with E-state index in [0.29, 0.717) is 24.5 Å². The molecule has 2 N–H and O–H groups in total. The van der Waals surface area contributed by atoms with Gasteiger partial charge in [-0.25, -0.2) is 4.98 Å². The van der Waals surface area contributed by atoms with Crippen molar-refractivity contribution in [1.82, 2.24) is 10.3 Å². The summed E-state index contributed by atoms with van der Waals surface area (Å²) in [5.41, 5.74) is 3.58. The number of hydrogen-bond acceptors (Lipinski definition) is 5. The number of nitrogens with zero attached hydrogens (tertiary/aromatic N) is 1. The maximum atomic E-state index is 13.0. The van der Waals surface area contributed by atoms with E-state index >= 15 is 0 Å². The van der Waals surface area contributed by atoms with Gasteiger partial charge in [0.15, 0.2) is 0 Å². The van der Waals surface area contributed by atoms with Gasteiger partial charge in [0.1, 0.15) is 18.2 Å². The van der Waals surface area contributed by atoms with Crippen LogP contribution in [0, 0.1) is 12.8 Å². The number of para-hydroxylation sites is 1. The molecule has 0 bridgehead atoms. The number of aryl methyl sites for hydroxylation is 1. The fraction of sp³-hybridized carbons (Fsp3) is 0.407. The summed E-state index contributed by atoms with van der Waals surface area (Å²) in [4.78, 5) is 17.9. The Kier molecular flexibility index (Phi) is 6.55. The minimum Gasteiger partial charge on any atom is -0.491 e. The molecule has 1 saturated carbocycles. The highest BCUT2D eigenvalue weighted by molar-refractivity contribution is 6.04. The van der Waals surface area contributed by atoms with Crippen molar-refractivity contribution in [1.29, 1.82) is 0 Å². The van der Waals surface area contributed by atoms with Gasteiger partial charge in [0.2, 0.25) is 0 Å². The number of fused-ring (bicyclic) bond motifs is 1. The zero-order chi connectivity index (χ0) is 22.6. The Morgan fingerprint density at radius 2 is 2.00 bits per heavy atom. The maximum Gasteiger partial charge on any atom is 0.256 e. The van der Waals surface area contributed by atoms with E-state index in [4.69, 9.17) is 14.5 Å². The number of aromatic nitrogens is 1. The molecule has 172 valence electrons. The van der Waals surface area contributed by atoms with E-state index in [1.165, 1.54) is 12.8 Å². The van der Waals surface area contributed by atoms with Crippen molar-refractivity contribution in [3.8, 4) is 5.75 Å². The second kappa shape index (κ2) is 9.89. The first-order valence-corrected chi connectivity index (χ1v) is 11.9.